The zero-order valence-corrected chi connectivity index (χ0v) is 17.9. The number of hydrogen-bond acceptors (Lipinski definition) is 6. The van der Waals surface area contributed by atoms with Crippen molar-refractivity contribution >= 4 is 33.2 Å². The summed E-state index contributed by atoms with van der Waals surface area (Å²) in [5.74, 6) is -0.354. The summed E-state index contributed by atoms with van der Waals surface area (Å²) in [6, 6.07) is 2.74. The Kier molecular flexibility index (Phi) is 6.74. The Balaban J connectivity index is 1.54. The third-order valence-electron chi connectivity index (χ3n) is 4.97. The second kappa shape index (κ2) is 8.89. The number of amides is 2. The lowest BCUT2D eigenvalue weighted by atomic mass is 10.0. The van der Waals surface area contributed by atoms with Gasteiger partial charge >= 0.3 is 0 Å². The number of sulfonamides is 1. The van der Waals surface area contributed by atoms with E-state index in [0.29, 0.717) is 38.8 Å². The zero-order chi connectivity index (χ0) is 20.3. The van der Waals surface area contributed by atoms with E-state index >= 15 is 0 Å². The minimum Gasteiger partial charge on any atom is -0.352 e. The molecule has 1 aromatic heterocycles. The largest absolute Gasteiger partial charge is 0.352 e. The molecule has 1 unspecified atom stereocenters. The molecule has 2 N–H and O–H groups in total. The minimum atomic E-state index is -3.72. The lowest BCUT2D eigenvalue weighted by Crippen LogP contribution is -2.57. The third-order valence-corrected chi connectivity index (χ3v) is 7.81. The van der Waals surface area contributed by atoms with Crippen molar-refractivity contribution in [3.8, 4) is 0 Å². The van der Waals surface area contributed by atoms with Gasteiger partial charge in [0.1, 0.15) is 10.3 Å². The molecule has 0 aromatic carbocycles. The monoisotopic (exact) mass is 428 g/mol. The van der Waals surface area contributed by atoms with Crippen LogP contribution in [0, 0.1) is 5.92 Å². The van der Waals surface area contributed by atoms with Crippen molar-refractivity contribution < 1.29 is 18.0 Å². The van der Waals surface area contributed by atoms with Gasteiger partial charge in [0.05, 0.1) is 6.54 Å². The van der Waals surface area contributed by atoms with Gasteiger partial charge in [-0.2, -0.15) is 4.72 Å². The van der Waals surface area contributed by atoms with Gasteiger partial charge in [0, 0.05) is 32.2 Å². The van der Waals surface area contributed by atoms with Crippen LogP contribution >= 0.6 is 11.3 Å². The molecule has 0 bridgehead atoms. The molecular formula is C18H28N4O4S2. The maximum absolute atomic E-state index is 13.0. The molecule has 2 fully saturated rings. The summed E-state index contributed by atoms with van der Waals surface area (Å²) < 4.78 is 27.9. The van der Waals surface area contributed by atoms with Crippen LogP contribution in [0.1, 0.15) is 26.7 Å². The Hall–Kier alpha value is -1.49. The molecule has 1 aliphatic carbocycles. The third kappa shape index (κ3) is 5.53. The van der Waals surface area contributed by atoms with Gasteiger partial charge in [-0.3, -0.25) is 14.5 Å². The number of carbonyl (C=O) groups is 2. The van der Waals surface area contributed by atoms with E-state index in [4.69, 9.17) is 0 Å². The first-order valence-corrected chi connectivity index (χ1v) is 12.0. The number of hydrogen-bond donors (Lipinski definition) is 2. The van der Waals surface area contributed by atoms with Crippen molar-refractivity contribution in [3.63, 3.8) is 0 Å². The van der Waals surface area contributed by atoms with Crippen LogP contribution in [0.5, 0.6) is 0 Å². The van der Waals surface area contributed by atoms with E-state index in [0.717, 1.165) is 24.2 Å². The summed E-state index contributed by atoms with van der Waals surface area (Å²) in [7, 11) is -3.72. The molecule has 2 aliphatic rings. The molecule has 1 saturated carbocycles. The first kappa shape index (κ1) is 21.2. The topological polar surface area (TPSA) is 98.8 Å². The smallest absolute Gasteiger partial charge is 0.250 e. The van der Waals surface area contributed by atoms with Gasteiger partial charge in [-0.25, -0.2) is 8.42 Å². The fourth-order valence-corrected chi connectivity index (χ4v) is 5.49. The normalized spacial score (nSPS) is 19.6. The molecule has 1 saturated heterocycles. The second-order valence-electron chi connectivity index (χ2n) is 7.72. The Morgan fingerprint density at radius 3 is 2.43 bits per heavy atom. The molecule has 1 aliphatic heterocycles. The Bertz CT molecular complexity index is 783. The van der Waals surface area contributed by atoms with E-state index < -0.39 is 16.1 Å². The van der Waals surface area contributed by atoms with Crippen molar-refractivity contribution in [1.82, 2.24) is 19.8 Å². The van der Waals surface area contributed by atoms with Gasteiger partial charge in [0.2, 0.25) is 11.8 Å². The van der Waals surface area contributed by atoms with Crippen molar-refractivity contribution in [2.75, 3.05) is 32.7 Å². The molecular weight excluding hydrogens is 400 g/mol. The first-order chi connectivity index (χ1) is 13.3. The summed E-state index contributed by atoms with van der Waals surface area (Å²) >= 11 is 1.13. The van der Waals surface area contributed by atoms with Crippen LogP contribution < -0.4 is 10.0 Å². The van der Waals surface area contributed by atoms with Gasteiger partial charge in [-0.05, 0) is 30.2 Å². The predicted octanol–water partition coefficient (Wildman–Crippen LogP) is 0.474. The fraction of sp³-hybridized carbons (Fsp3) is 0.667. The molecule has 10 heteroatoms. The molecule has 0 spiro atoms. The molecule has 2 amide bonds. The second-order valence-corrected chi connectivity index (χ2v) is 10.6. The van der Waals surface area contributed by atoms with E-state index in [2.05, 4.69) is 10.0 Å². The van der Waals surface area contributed by atoms with Crippen molar-refractivity contribution in [3.05, 3.63) is 17.5 Å². The van der Waals surface area contributed by atoms with Gasteiger partial charge in [0.15, 0.2) is 0 Å². The fourth-order valence-electron chi connectivity index (χ4n) is 3.14. The summed E-state index contributed by atoms with van der Waals surface area (Å²) in [5.41, 5.74) is 0. The highest BCUT2D eigenvalue weighted by Gasteiger charge is 2.33. The summed E-state index contributed by atoms with van der Waals surface area (Å²) in [4.78, 5) is 28.6. The average molecular weight is 429 g/mol. The highest BCUT2D eigenvalue weighted by molar-refractivity contribution is 7.91. The highest BCUT2D eigenvalue weighted by Crippen LogP contribution is 2.19. The van der Waals surface area contributed by atoms with E-state index in [1.165, 1.54) is 6.07 Å². The minimum absolute atomic E-state index is 0.0334. The van der Waals surface area contributed by atoms with Crippen LogP contribution in [-0.2, 0) is 19.6 Å². The van der Waals surface area contributed by atoms with Crippen LogP contribution in [0.2, 0.25) is 0 Å². The molecule has 1 aromatic rings. The van der Waals surface area contributed by atoms with Crippen LogP contribution in [-0.4, -0.2) is 74.8 Å². The quantitative estimate of drug-likeness (QED) is 0.627. The number of nitrogens with one attached hydrogen (secondary N) is 2. The lowest BCUT2D eigenvalue weighted by Gasteiger charge is -2.36. The molecule has 8 nitrogen and oxygen atoms in total. The summed E-state index contributed by atoms with van der Waals surface area (Å²) in [5, 5.41) is 4.66. The maximum atomic E-state index is 13.0. The van der Waals surface area contributed by atoms with Crippen LogP contribution in [0.3, 0.4) is 0 Å². The first-order valence-electron chi connectivity index (χ1n) is 9.62. The predicted molar refractivity (Wildman–Crippen MR) is 107 cm³/mol. The van der Waals surface area contributed by atoms with Gasteiger partial charge in [-0.15, -0.1) is 11.3 Å². The Labute approximate surface area is 170 Å². The number of rotatable bonds is 8. The van der Waals surface area contributed by atoms with Gasteiger partial charge < -0.3 is 10.2 Å². The number of nitrogens with zero attached hydrogens (tertiary/aromatic N) is 2. The summed E-state index contributed by atoms with van der Waals surface area (Å²) in [6.07, 6.45) is 2.12. The number of piperazine rings is 1. The Morgan fingerprint density at radius 2 is 1.89 bits per heavy atom. The Morgan fingerprint density at radius 1 is 1.21 bits per heavy atom. The molecule has 28 heavy (non-hydrogen) atoms. The number of thiophene rings is 1. The molecule has 2 heterocycles. The van der Waals surface area contributed by atoms with Gasteiger partial charge in [0.25, 0.3) is 10.0 Å². The standard InChI is InChI=1S/C18H28N4O4S2/c1-13(2)17(20-28(25,26)16-4-3-11-27-16)18(24)22-9-7-21(8-10-22)12-15(23)19-14-5-6-14/h3-4,11,13-14,17,20H,5-10,12H2,1-2H3,(H,19,23). The van der Waals surface area contributed by atoms with E-state index in [1.54, 1.807) is 16.3 Å². The maximum Gasteiger partial charge on any atom is 0.250 e. The van der Waals surface area contributed by atoms with E-state index in [9.17, 15) is 18.0 Å². The van der Waals surface area contributed by atoms with E-state index in [1.807, 2.05) is 18.7 Å². The van der Waals surface area contributed by atoms with Crippen LogP contribution in [0.25, 0.3) is 0 Å². The van der Waals surface area contributed by atoms with Crippen molar-refractivity contribution in [2.24, 2.45) is 5.92 Å². The van der Waals surface area contributed by atoms with Crippen LogP contribution in [0.15, 0.2) is 21.7 Å². The highest BCUT2D eigenvalue weighted by atomic mass is 32.2. The average Bonchev–Trinajstić information content (AvgIpc) is 3.26. The lowest BCUT2D eigenvalue weighted by molar-refractivity contribution is -0.136. The zero-order valence-electron chi connectivity index (χ0n) is 16.3. The number of carbonyl (C=O) groups excluding carboxylic acids is 2. The SMILES string of the molecule is CC(C)C(NS(=O)(=O)c1cccs1)C(=O)N1CCN(CC(=O)NC2CC2)CC1. The molecule has 0 radical (unpaired) electrons. The molecule has 1 atom stereocenters. The van der Waals surface area contributed by atoms with Crippen molar-refractivity contribution in [2.45, 2.75) is 43.0 Å². The molecule has 3 rings (SSSR count). The molecule has 156 valence electrons. The van der Waals surface area contributed by atoms with Gasteiger partial charge in [-0.1, -0.05) is 19.9 Å². The summed E-state index contributed by atoms with van der Waals surface area (Å²) in [6.45, 7) is 6.19. The van der Waals surface area contributed by atoms with Crippen molar-refractivity contribution in [1.29, 1.82) is 0 Å². The van der Waals surface area contributed by atoms with Crippen LogP contribution in [0.4, 0.5) is 0 Å². The van der Waals surface area contributed by atoms with E-state index in [-0.39, 0.29) is 21.9 Å².